The number of hydrogen-bond acceptors (Lipinski definition) is 3. The molecule has 200 valence electrons. The van der Waals surface area contributed by atoms with Gasteiger partial charge in [-0.2, -0.15) is 0 Å². The Balaban J connectivity index is 1.54. The van der Waals surface area contributed by atoms with Crippen LogP contribution in [0, 0.1) is 6.92 Å². The van der Waals surface area contributed by atoms with Crippen molar-refractivity contribution in [1.82, 2.24) is 5.32 Å². The molecule has 0 aromatic heterocycles. The van der Waals surface area contributed by atoms with Gasteiger partial charge >= 0.3 is 17.9 Å². The molecule has 3 aromatic rings. The summed E-state index contributed by atoms with van der Waals surface area (Å²) in [6.45, 7) is 2.77. The van der Waals surface area contributed by atoms with Crippen LogP contribution in [-0.2, 0) is 13.1 Å². The number of anilines is 1. The number of guanidine groups is 1. The molecule has 3 amide bonds. The second-order valence-electron chi connectivity index (χ2n) is 9.45. The summed E-state index contributed by atoms with van der Waals surface area (Å²) < 4.78 is 0. The van der Waals surface area contributed by atoms with Gasteiger partial charge in [0.05, 0.1) is 17.2 Å². The van der Waals surface area contributed by atoms with Gasteiger partial charge in [0.25, 0.3) is 0 Å². The zero-order valence-corrected chi connectivity index (χ0v) is 22.1. The number of nitrogens with two attached hydrogens (primary N) is 2. The summed E-state index contributed by atoms with van der Waals surface area (Å²) in [7, 11) is 0. The molecule has 0 unspecified atom stereocenters. The molecule has 0 bridgehead atoms. The van der Waals surface area contributed by atoms with Crippen LogP contribution in [0.1, 0.15) is 58.3 Å². The van der Waals surface area contributed by atoms with Gasteiger partial charge in [0.15, 0.2) is 0 Å². The van der Waals surface area contributed by atoms with Crippen LogP contribution in [0.4, 0.5) is 10.5 Å². The molecule has 4 rings (SSSR count). The monoisotopic (exact) mass is 524 g/mol. The summed E-state index contributed by atoms with van der Waals surface area (Å²) in [6.07, 6.45) is 6.95. The molecule has 1 aliphatic carbocycles. The molecule has 0 saturated carbocycles. The van der Waals surface area contributed by atoms with Crippen molar-refractivity contribution in [2.45, 2.75) is 45.7 Å². The standard InChI is InChI=1S/C30H33N7O2/c1-21-7-5-6-10-26(21)19-33-30(39)37(27-17-15-24(16-18-27)23-8-3-2-4-9-23)20-22-11-13-25(14-12-22)28(38)34-29(31)35-36-32/h5-8,10-18H,2-4,9,19-20H2,1H3,(H,33,39)(H4,31,32,34,35,38)/p+1. The van der Waals surface area contributed by atoms with Gasteiger partial charge in [0.2, 0.25) is 0 Å². The van der Waals surface area contributed by atoms with Crippen molar-refractivity contribution in [1.29, 1.82) is 0 Å². The van der Waals surface area contributed by atoms with Gasteiger partial charge in [-0.3, -0.25) is 21.3 Å². The van der Waals surface area contributed by atoms with Gasteiger partial charge < -0.3 is 5.32 Å². The van der Waals surface area contributed by atoms with Crippen molar-refractivity contribution in [3.63, 3.8) is 0 Å². The fourth-order valence-electron chi connectivity index (χ4n) is 4.53. The number of carbonyl (C=O) groups excluding carboxylic acids is 2. The SMILES string of the molecule is Cc1ccccc1CNC(=O)N(Cc1ccc(C(=O)[NH+]=C(N)/N=N\N)cc1)c1ccc(C2=CCCCC2)cc1. The minimum atomic E-state index is -0.438. The summed E-state index contributed by atoms with van der Waals surface area (Å²) in [5.74, 6) is 4.32. The highest BCUT2D eigenvalue weighted by molar-refractivity contribution is 5.92. The predicted molar refractivity (Wildman–Crippen MR) is 152 cm³/mol. The van der Waals surface area contributed by atoms with Gasteiger partial charge in [0, 0.05) is 17.5 Å². The number of rotatable bonds is 7. The summed E-state index contributed by atoms with van der Waals surface area (Å²) in [4.78, 5) is 30.0. The Kier molecular flexibility index (Phi) is 9.18. The molecule has 39 heavy (non-hydrogen) atoms. The molecular formula is C30H34N7O2+. The number of carbonyl (C=O) groups is 2. The van der Waals surface area contributed by atoms with Gasteiger partial charge in [0.1, 0.15) is 0 Å². The zero-order valence-electron chi connectivity index (χ0n) is 22.1. The lowest BCUT2D eigenvalue weighted by atomic mass is 9.93. The van der Waals surface area contributed by atoms with Crippen LogP contribution in [0.2, 0.25) is 0 Å². The Hall–Kier alpha value is -4.79. The first-order valence-electron chi connectivity index (χ1n) is 13.0. The Bertz CT molecular complexity index is 1390. The van der Waals surface area contributed by atoms with Crippen LogP contribution in [0.3, 0.4) is 0 Å². The number of hydrogen-bond donors (Lipinski definition) is 4. The van der Waals surface area contributed by atoms with E-state index in [1.54, 1.807) is 29.2 Å². The minimum Gasteiger partial charge on any atom is -0.334 e. The second kappa shape index (κ2) is 13.1. The third kappa shape index (κ3) is 7.38. The minimum absolute atomic E-state index is 0.199. The van der Waals surface area contributed by atoms with E-state index in [2.05, 4.69) is 38.9 Å². The van der Waals surface area contributed by atoms with E-state index in [0.717, 1.165) is 35.2 Å². The second-order valence-corrected chi connectivity index (χ2v) is 9.45. The topological polar surface area (TPSA) is 140 Å². The molecular weight excluding hydrogens is 490 g/mol. The Morgan fingerprint density at radius 1 is 1.00 bits per heavy atom. The van der Waals surface area contributed by atoms with Crippen molar-refractivity contribution in [3.8, 4) is 0 Å². The fraction of sp³-hybridized carbons (Fsp3) is 0.233. The summed E-state index contributed by atoms with van der Waals surface area (Å²) >= 11 is 0. The largest absolute Gasteiger partial charge is 0.414 e. The Morgan fingerprint density at radius 3 is 2.41 bits per heavy atom. The van der Waals surface area contributed by atoms with Crippen LogP contribution < -0.4 is 26.8 Å². The van der Waals surface area contributed by atoms with Crippen molar-refractivity contribution in [2.75, 3.05) is 4.90 Å². The summed E-state index contributed by atoms with van der Waals surface area (Å²) in [6, 6.07) is 22.9. The average molecular weight is 525 g/mol. The lowest BCUT2D eigenvalue weighted by Crippen LogP contribution is -2.79. The molecule has 0 atom stereocenters. The quantitative estimate of drug-likeness (QED) is 0.123. The van der Waals surface area contributed by atoms with E-state index in [-0.39, 0.29) is 12.0 Å². The lowest BCUT2D eigenvalue weighted by Gasteiger charge is -2.24. The maximum atomic E-state index is 13.5. The van der Waals surface area contributed by atoms with E-state index in [0.29, 0.717) is 18.7 Å². The molecule has 0 saturated heterocycles. The van der Waals surface area contributed by atoms with Crippen LogP contribution in [-0.4, -0.2) is 17.9 Å². The van der Waals surface area contributed by atoms with Gasteiger partial charge in [-0.15, -0.1) is 0 Å². The summed E-state index contributed by atoms with van der Waals surface area (Å²) in [5, 5.41) is 9.50. The Labute approximate surface area is 228 Å². The van der Waals surface area contributed by atoms with Gasteiger partial charge in [-0.05, 0) is 84.7 Å². The van der Waals surface area contributed by atoms with Crippen molar-refractivity contribution in [3.05, 3.63) is 107 Å². The lowest BCUT2D eigenvalue weighted by molar-refractivity contribution is -0.347. The highest BCUT2D eigenvalue weighted by atomic mass is 16.2. The average Bonchev–Trinajstić information content (AvgIpc) is 2.96. The smallest absolute Gasteiger partial charge is 0.334 e. The molecule has 0 fully saturated rings. The zero-order chi connectivity index (χ0) is 27.6. The van der Waals surface area contributed by atoms with Gasteiger partial charge in [-0.25, -0.2) is 9.79 Å². The fourth-order valence-corrected chi connectivity index (χ4v) is 4.53. The van der Waals surface area contributed by atoms with E-state index in [4.69, 9.17) is 11.6 Å². The highest BCUT2D eigenvalue weighted by Crippen LogP contribution is 2.28. The molecule has 0 aliphatic heterocycles. The van der Waals surface area contributed by atoms with E-state index in [1.807, 2.05) is 43.3 Å². The van der Waals surface area contributed by atoms with Crippen LogP contribution >= 0.6 is 0 Å². The number of aryl methyl sites for hydroxylation is 1. The van der Waals surface area contributed by atoms with E-state index >= 15 is 0 Å². The van der Waals surface area contributed by atoms with Crippen LogP contribution in [0.5, 0.6) is 0 Å². The van der Waals surface area contributed by atoms with E-state index in [1.165, 1.54) is 24.0 Å². The maximum Gasteiger partial charge on any atom is 0.414 e. The number of nitrogens with one attached hydrogen (secondary N) is 2. The molecule has 3 aromatic carbocycles. The number of benzene rings is 3. The third-order valence-electron chi connectivity index (χ3n) is 6.74. The number of urea groups is 1. The molecule has 9 nitrogen and oxygen atoms in total. The van der Waals surface area contributed by atoms with Crippen LogP contribution in [0.25, 0.3) is 5.57 Å². The molecule has 0 heterocycles. The predicted octanol–water partition coefficient (Wildman–Crippen LogP) is 3.73. The number of amides is 3. The first-order valence-corrected chi connectivity index (χ1v) is 13.0. The maximum absolute atomic E-state index is 13.5. The van der Waals surface area contributed by atoms with E-state index < -0.39 is 5.91 Å². The number of nitrogens with zero attached hydrogens (tertiary/aromatic N) is 3. The molecule has 0 spiro atoms. The van der Waals surface area contributed by atoms with Crippen LogP contribution in [0.15, 0.2) is 89.2 Å². The normalized spacial score (nSPS) is 13.7. The third-order valence-corrected chi connectivity index (χ3v) is 6.74. The van der Waals surface area contributed by atoms with E-state index in [9.17, 15) is 9.59 Å². The Morgan fingerprint density at radius 2 is 1.74 bits per heavy atom. The first kappa shape index (κ1) is 27.3. The first-order chi connectivity index (χ1) is 18.9. The van der Waals surface area contributed by atoms with Crippen molar-refractivity contribution < 1.29 is 14.6 Å². The molecule has 1 aliphatic rings. The van der Waals surface area contributed by atoms with Gasteiger partial charge in [-0.1, -0.05) is 54.6 Å². The van der Waals surface area contributed by atoms with Crippen molar-refractivity contribution >= 4 is 29.2 Å². The number of allylic oxidation sites excluding steroid dienone is 2. The molecule has 0 radical (unpaired) electrons. The molecule has 6 N–H and O–H groups in total. The summed E-state index contributed by atoms with van der Waals surface area (Å²) in [5.41, 5.74) is 12.3. The molecule has 9 heteroatoms. The van der Waals surface area contributed by atoms with Crippen molar-refractivity contribution in [2.24, 2.45) is 21.9 Å². The highest BCUT2D eigenvalue weighted by Gasteiger charge is 2.18.